The quantitative estimate of drug-likeness (QED) is 0.416. The summed E-state index contributed by atoms with van der Waals surface area (Å²) in [5, 5.41) is 18.3. The van der Waals surface area contributed by atoms with Gasteiger partial charge in [-0.1, -0.05) is 65.2 Å². The smallest absolute Gasteiger partial charge is 0.326 e. The first-order valence-electron chi connectivity index (χ1n) is 9.71. The van der Waals surface area contributed by atoms with Crippen LogP contribution in [0, 0.1) is 0 Å². The van der Waals surface area contributed by atoms with Crippen LogP contribution in [0.25, 0.3) is 0 Å². The number of carboxylic acid groups (broad SMARTS) is 1. The topological polar surface area (TPSA) is 77.8 Å². The number of rotatable bonds is 16. The van der Waals surface area contributed by atoms with Gasteiger partial charge in [-0.3, -0.25) is 4.79 Å². The Bertz CT molecular complexity index is 333. The summed E-state index contributed by atoms with van der Waals surface area (Å²) in [7, 11) is 0. The van der Waals surface area contributed by atoms with Crippen LogP contribution in [0.5, 0.6) is 0 Å². The van der Waals surface area contributed by atoms with Crippen molar-refractivity contribution < 1.29 is 19.8 Å². The maximum absolute atomic E-state index is 12.3. The van der Waals surface area contributed by atoms with Gasteiger partial charge in [0.25, 0.3) is 0 Å². The van der Waals surface area contributed by atoms with Gasteiger partial charge in [0.05, 0.1) is 0 Å². The van der Waals surface area contributed by atoms with Crippen molar-refractivity contribution in [3.05, 3.63) is 0 Å². The number of aliphatic carboxylic acids is 1. The van der Waals surface area contributed by atoms with Crippen molar-refractivity contribution >= 4 is 11.9 Å². The average molecular weight is 344 g/mol. The molecule has 0 saturated carbocycles. The maximum atomic E-state index is 12.3. The van der Waals surface area contributed by atoms with Crippen molar-refractivity contribution in [3.63, 3.8) is 0 Å². The van der Waals surface area contributed by atoms with Crippen LogP contribution in [0.1, 0.15) is 90.9 Å². The zero-order valence-corrected chi connectivity index (χ0v) is 15.6. The fraction of sp³-hybridized carbons (Fsp3) is 0.895. The summed E-state index contributed by atoms with van der Waals surface area (Å²) in [6, 6.07) is -0.902. The van der Waals surface area contributed by atoms with E-state index in [0.717, 1.165) is 25.7 Å². The molecule has 1 unspecified atom stereocenters. The van der Waals surface area contributed by atoms with Gasteiger partial charge in [-0.15, -0.1) is 0 Å². The highest BCUT2D eigenvalue weighted by molar-refractivity contribution is 5.83. The SMILES string of the molecule is CCCCCCCCCCCC(=O)N(CCC)C(CCO)C(=O)O. The zero-order valence-electron chi connectivity index (χ0n) is 15.6. The standard InChI is InChI=1S/C19H37NO4/c1-3-5-6-7-8-9-10-11-12-13-18(22)20(15-4-2)17(14-16-21)19(23)24/h17,21H,3-16H2,1-2H3,(H,23,24). The molecule has 0 aromatic heterocycles. The second kappa shape index (κ2) is 15.4. The van der Waals surface area contributed by atoms with Gasteiger partial charge in [0.2, 0.25) is 5.91 Å². The predicted molar refractivity (Wildman–Crippen MR) is 97.0 cm³/mol. The van der Waals surface area contributed by atoms with Crippen LogP contribution in [0.4, 0.5) is 0 Å². The van der Waals surface area contributed by atoms with E-state index in [0.29, 0.717) is 13.0 Å². The van der Waals surface area contributed by atoms with E-state index < -0.39 is 12.0 Å². The summed E-state index contributed by atoms with van der Waals surface area (Å²) in [5.74, 6) is -1.13. The Labute approximate surface area is 147 Å². The largest absolute Gasteiger partial charge is 0.480 e. The van der Waals surface area contributed by atoms with Crippen molar-refractivity contribution in [2.75, 3.05) is 13.2 Å². The Kier molecular flexibility index (Phi) is 14.7. The molecule has 0 fully saturated rings. The Morgan fingerprint density at radius 1 is 0.875 bits per heavy atom. The molecular weight excluding hydrogens is 306 g/mol. The number of amides is 1. The third-order valence-corrected chi connectivity index (χ3v) is 4.34. The molecule has 0 heterocycles. The molecule has 0 aliphatic carbocycles. The van der Waals surface area contributed by atoms with E-state index in [2.05, 4.69) is 6.92 Å². The number of carbonyl (C=O) groups is 2. The van der Waals surface area contributed by atoms with Gasteiger partial charge in [-0.2, -0.15) is 0 Å². The number of aliphatic hydroxyl groups excluding tert-OH is 1. The maximum Gasteiger partial charge on any atom is 0.326 e. The third kappa shape index (κ3) is 10.6. The lowest BCUT2D eigenvalue weighted by Crippen LogP contribution is -2.46. The lowest BCUT2D eigenvalue weighted by Gasteiger charge is -2.28. The number of carbonyl (C=O) groups excluding carboxylic acids is 1. The molecule has 24 heavy (non-hydrogen) atoms. The van der Waals surface area contributed by atoms with E-state index in [1.165, 1.54) is 43.4 Å². The van der Waals surface area contributed by atoms with E-state index >= 15 is 0 Å². The minimum Gasteiger partial charge on any atom is -0.480 e. The average Bonchev–Trinajstić information content (AvgIpc) is 2.56. The first-order valence-corrected chi connectivity index (χ1v) is 9.71. The normalized spacial score (nSPS) is 12.1. The molecule has 0 bridgehead atoms. The Hall–Kier alpha value is -1.10. The van der Waals surface area contributed by atoms with E-state index in [4.69, 9.17) is 5.11 Å². The minimum absolute atomic E-state index is 0.0961. The fourth-order valence-corrected chi connectivity index (χ4v) is 2.96. The lowest BCUT2D eigenvalue weighted by molar-refractivity contribution is -0.151. The molecule has 0 aliphatic rings. The first kappa shape index (κ1) is 22.9. The number of hydrogen-bond acceptors (Lipinski definition) is 3. The van der Waals surface area contributed by atoms with Crippen LogP contribution < -0.4 is 0 Å². The second-order valence-electron chi connectivity index (χ2n) is 6.53. The van der Waals surface area contributed by atoms with Crippen LogP contribution in [-0.4, -0.2) is 46.2 Å². The molecule has 0 rings (SSSR count). The van der Waals surface area contributed by atoms with Crippen molar-refractivity contribution in [1.29, 1.82) is 0 Å². The molecule has 5 nitrogen and oxygen atoms in total. The van der Waals surface area contributed by atoms with E-state index in [1.54, 1.807) is 0 Å². The predicted octanol–water partition coefficient (Wildman–Crippen LogP) is 3.98. The van der Waals surface area contributed by atoms with Crippen molar-refractivity contribution in [3.8, 4) is 0 Å². The van der Waals surface area contributed by atoms with Crippen LogP contribution in [0.3, 0.4) is 0 Å². The Morgan fingerprint density at radius 2 is 1.42 bits per heavy atom. The fourth-order valence-electron chi connectivity index (χ4n) is 2.96. The summed E-state index contributed by atoms with van der Waals surface area (Å²) in [6.07, 6.45) is 11.9. The van der Waals surface area contributed by atoms with E-state index in [9.17, 15) is 14.7 Å². The van der Waals surface area contributed by atoms with Gasteiger partial charge in [-0.25, -0.2) is 4.79 Å². The Balaban J connectivity index is 4.04. The summed E-state index contributed by atoms with van der Waals surface area (Å²) in [5.41, 5.74) is 0. The van der Waals surface area contributed by atoms with Gasteiger partial charge in [-0.05, 0) is 12.8 Å². The third-order valence-electron chi connectivity index (χ3n) is 4.34. The minimum atomic E-state index is -1.03. The molecule has 0 aromatic carbocycles. The highest BCUT2D eigenvalue weighted by Gasteiger charge is 2.27. The van der Waals surface area contributed by atoms with Crippen LogP contribution >= 0.6 is 0 Å². The van der Waals surface area contributed by atoms with Gasteiger partial charge >= 0.3 is 5.97 Å². The summed E-state index contributed by atoms with van der Waals surface area (Å²) in [4.78, 5) is 25.1. The number of carboxylic acids is 1. The molecular formula is C19H37NO4. The van der Waals surface area contributed by atoms with E-state index in [-0.39, 0.29) is 18.9 Å². The second-order valence-corrected chi connectivity index (χ2v) is 6.53. The van der Waals surface area contributed by atoms with Crippen molar-refractivity contribution in [1.82, 2.24) is 4.90 Å². The monoisotopic (exact) mass is 343 g/mol. The van der Waals surface area contributed by atoms with Crippen LogP contribution in [0.15, 0.2) is 0 Å². The molecule has 2 N–H and O–H groups in total. The molecule has 0 radical (unpaired) electrons. The van der Waals surface area contributed by atoms with Gasteiger partial charge in [0.15, 0.2) is 0 Å². The van der Waals surface area contributed by atoms with Crippen LogP contribution in [0.2, 0.25) is 0 Å². The number of unbranched alkanes of at least 4 members (excludes halogenated alkanes) is 8. The highest BCUT2D eigenvalue weighted by Crippen LogP contribution is 2.13. The summed E-state index contributed by atoms with van der Waals surface area (Å²) >= 11 is 0. The van der Waals surface area contributed by atoms with Gasteiger partial charge in [0, 0.05) is 26.0 Å². The van der Waals surface area contributed by atoms with Crippen molar-refractivity contribution in [2.24, 2.45) is 0 Å². The zero-order chi connectivity index (χ0) is 18.2. The van der Waals surface area contributed by atoms with Gasteiger partial charge < -0.3 is 15.1 Å². The molecule has 0 saturated heterocycles. The van der Waals surface area contributed by atoms with Gasteiger partial charge in [0.1, 0.15) is 6.04 Å². The van der Waals surface area contributed by atoms with Crippen LogP contribution in [-0.2, 0) is 9.59 Å². The molecule has 1 amide bonds. The van der Waals surface area contributed by atoms with E-state index in [1.807, 2.05) is 6.92 Å². The first-order chi connectivity index (χ1) is 11.6. The molecule has 0 spiro atoms. The highest BCUT2D eigenvalue weighted by atomic mass is 16.4. The number of hydrogen-bond donors (Lipinski definition) is 2. The summed E-state index contributed by atoms with van der Waals surface area (Å²) < 4.78 is 0. The summed E-state index contributed by atoms with van der Waals surface area (Å²) in [6.45, 7) is 4.36. The lowest BCUT2D eigenvalue weighted by atomic mass is 10.1. The molecule has 1 atom stereocenters. The molecule has 0 aliphatic heterocycles. The number of nitrogens with zero attached hydrogens (tertiary/aromatic N) is 1. The number of aliphatic hydroxyl groups is 1. The molecule has 5 heteroatoms. The van der Waals surface area contributed by atoms with Crippen molar-refractivity contribution in [2.45, 2.75) is 96.9 Å². The molecule has 0 aromatic rings. The molecule has 142 valence electrons. The Morgan fingerprint density at radius 3 is 1.88 bits per heavy atom.